The first kappa shape index (κ1) is 18.8. The topological polar surface area (TPSA) is 48.1 Å². The van der Waals surface area contributed by atoms with Crippen LogP contribution in [0.3, 0.4) is 0 Å². The number of thiocarbonyl (C=S) groups is 2. The van der Waals surface area contributed by atoms with E-state index in [1.54, 1.807) is 0 Å². The van der Waals surface area contributed by atoms with Crippen molar-refractivity contribution >= 4 is 34.7 Å². The largest absolute Gasteiger partial charge is 0.355 e. The van der Waals surface area contributed by atoms with Crippen molar-refractivity contribution in [3.8, 4) is 0 Å². The van der Waals surface area contributed by atoms with Crippen LogP contribution in [-0.4, -0.2) is 15.9 Å². The molecule has 2 heterocycles. The van der Waals surface area contributed by atoms with Gasteiger partial charge in [0, 0.05) is 11.8 Å². The molecule has 2 aromatic rings. The highest BCUT2D eigenvalue weighted by molar-refractivity contribution is 7.80. The highest BCUT2D eigenvalue weighted by Gasteiger charge is 2.57. The van der Waals surface area contributed by atoms with Crippen molar-refractivity contribution in [2.75, 3.05) is 0 Å². The molecule has 4 nitrogen and oxygen atoms in total. The van der Waals surface area contributed by atoms with E-state index in [0.29, 0.717) is 22.1 Å². The van der Waals surface area contributed by atoms with Crippen LogP contribution in [0.4, 0.5) is 0 Å². The molecule has 2 aliphatic heterocycles. The summed E-state index contributed by atoms with van der Waals surface area (Å²) in [5.74, 6) is 0.658. The van der Waals surface area contributed by atoms with Gasteiger partial charge in [0.25, 0.3) is 0 Å². The Morgan fingerprint density at radius 3 is 1.48 bits per heavy atom. The third-order valence-corrected chi connectivity index (χ3v) is 7.23. The van der Waals surface area contributed by atoms with Crippen LogP contribution in [0, 0.1) is 11.8 Å². The Labute approximate surface area is 182 Å². The Balaban J connectivity index is 1.62. The zero-order valence-electron chi connectivity index (χ0n) is 16.2. The maximum absolute atomic E-state index is 5.73. The summed E-state index contributed by atoms with van der Waals surface area (Å²) in [5, 5.41) is 15.9. The van der Waals surface area contributed by atoms with Gasteiger partial charge in [0.05, 0.1) is 12.1 Å². The monoisotopic (exact) mass is 422 g/mol. The van der Waals surface area contributed by atoms with E-state index in [4.69, 9.17) is 24.4 Å². The van der Waals surface area contributed by atoms with Crippen molar-refractivity contribution < 1.29 is 0 Å². The quantitative estimate of drug-likeness (QED) is 0.550. The zero-order valence-corrected chi connectivity index (χ0v) is 17.9. The molecule has 5 rings (SSSR count). The second kappa shape index (κ2) is 7.58. The van der Waals surface area contributed by atoms with Crippen molar-refractivity contribution in [1.29, 1.82) is 0 Å². The van der Waals surface area contributed by atoms with Crippen molar-refractivity contribution in [2.24, 2.45) is 11.8 Å². The van der Waals surface area contributed by atoms with E-state index < -0.39 is 0 Å². The first-order chi connectivity index (χ1) is 14.2. The zero-order chi connectivity index (χ0) is 19.8. The standard InChI is InChI=1S/C23H26N4S2/c28-21-24-19(15-9-3-1-4-10-15)17-13-7-8-14-18-20(16-11-5-2-6-12-16)25-22(29)27-23(17,18)26-21/h1-6,9-12,17-20H,7-8,13-14H2,(H2,24,26,28)(H2,25,27,29). The lowest BCUT2D eigenvalue weighted by atomic mass is 9.68. The molecule has 6 heteroatoms. The van der Waals surface area contributed by atoms with E-state index in [2.05, 4.69) is 81.9 Å². The van der Waals surface area contributed by atoms with Crippen LogP contribution in [0.5, 0.6) is 0 Å². The molecule has 1 saturated carbocycles. The first-order valence-corrected chi connectivity index (χ1v) is 11.3. The molecule has 4 atom stereocenters. The van der Waals surface area contributed by atoms with Gasteiger partial charge >= 0.3 is 0 Å². The average Bonchev–Trinajstić information content (AvgIpc) is 2.93. The van der Waals surface area contributed by atoms with Crippen molar-refractivity contribution in [2.45, 2.75) is 43.4 Å². The van der Waals surface area contributed by atoms with Gasteiger partial charge in [-0.1, -0.05) is 73.5 Å². The van der Waals surface area contributed by atoms with Gasteiger partial charge < -0.3 is 21.3 Å². The molecule has 1 spiro atoms. The third-order valence-electron chi connectivity index (χ3n) is 6.79. The Morgan fingerprint density at radius 2 is 1.07 bits per heavy atom. The van der Waals surface area contributed by atoms with Crippen LogP contribution in [0.25, 0.3) is 0 Å². The smallest absolute Gasteiger partial charge is 0.168 e. The first-order valence-electron chi connectivity index (χ1n) is 10.4. The van der Waals surface area contributed by atoms with Crippen LogP contribution >= 0.6 is 24.4 Å². The van der Waals surface area contributed by atoms with Gasteiger partial charge in [-0.15, -0.1) is 0 Å². The molecule has 150 valence electrons. The van der Waals surface area contributed by atoms with Crippen molar-refractivity contribution in [3.05, 3.63) is 71.8 Å². The lowest BCUT2D eigenvalue weighted by Gasteiger charge is -2.57. The van der Waals surface area contributed by atoms with Gasteiger partial charge in [0.1, 0.15) is 5.66 Å². The maximum Gasteiger partial charge on any atom is 0.168 e. The van der Waals surface area contributed by atoms with Crippen LogP contribution in [0.2, 0.25) is 0 Å². The van der Waals surface area contributed by atoms with E-state index in [9.17, 15) is 0 Å². The molecule has 2 saturated heterocycles. The summed E-state index contributed by atoms with van der Waals surface area (Å²) in [7, 11) is 0. The van der Waals surface area contributed by atoms with Gasteiger partial charge in [0.15, 0.2) is 10.2 Å². The second-order valence-electron chi connectivity index (χ2n) is 8.34. The Morgan fingerprint density at radius 1 is 0.655 bits per heavy atom. The fraction of sp³-hybridized carbons (Fsp3) is 0.391. The molecular weight excluding hydrogens is 396 g/mol. The number of rotatable bonds is 2. The normalized spacial score (nSPS) is 33.7. The molecule has 0 radical (unpaired) electrons. The molecule has 4 unspecified atom stereocenters. The molecule has 0 amide bonds. The average molecular weight is 423 g/mol. The highest BCUT2D eigenvalue weighted by atomic mass is 32.1. The van der Waals surface area contributed by atoms with Gasteiger partial charge in [-0.25, -0.2) is 0 Å². The number of hydrogen-bond donors (Lipinski definition) is 4. The molecule has 29 heavy (non-hydrogen) atoms. The summed E-state index contributed by atoms with van der Waals surface area (Å²) < 4.78 is 0. The Hall–Kier alpha value is -2.18. The molecule has 4 N–H and O–H groups in total. The van der Waals surface area contributed by atoms with Crippen molar-refractivity contribution in [1.82, 2.24) is 21.3 Å². The van der Waals surface area contributed by atoms with E-state index in [1.165, 1.54) is 24.0 Å². The van der Waals surface area contributed by atoms with Crippen LogP contribution in [0.15, 0.2) is 60.7 Å². The molecule has 1 aliphatic carbocycles. The van der Waals surface area contributed by atoms with Gasteiger partial charge in [0.2, 0.25) is 0 Å². The molecule has 2 aromatic carbocycles. The summed E-state index contributed by atoms with van der Waals surface area (Å²) in [6, 6.07) is 21.7. The van der Waals surface area contributed by atoms with E-state index in [-0.39, 0.29) is 17.7 Å². The summed E-state index contributed by atoms with van der Waals surface area (Å²) in [6.45, 7) is 0. The lowest BCUT2D eigenvalue weighted by Crippen LogP contribution is -2.79. The van der Waals surface area contributed by atoms with Crippen LogP contribution in [-0.2, 0) is 0 Å². The highest BCUT2D eigenvalue weighted by Crippen LogP contribution is 2.49. The Bertz CT molecular complexity index is 826. The third kappa shape index (κ3) is 3.28. The number of hydrogen-bond acceptors (Lipinski definition) is 2. The lowest BCUT2D eigenvalue weighted by molar-refractivity contribution is 0.0537. The van der Waals surface area contributed by atoms with Crippen molar-refractivity contribution in [3.63, 3.8) is 0 Å². The molecular formula is C23H26N4S2. The molecule has 0 aromatic heterocycles. The predicted octanol–water partition coefficient (Wildman–Crippen LogP) is 3.93. The van der Waals surface area contributed by atoms with E-state index in [0.717, 1.165) is 12.8 Å². The molecule has 3 fully saturated rings. The minimum atomic E-state index is -0.359. The minimum absolute atomic E-state index is 0.162. The fourth-order valence-corrected chi connectivity index (χ4v) is 6.20. The SMILES string of the molecule is S=C1NC(c2ccccc2)C2CCCCC3C(c4ccccc4)NC(=S)NC23N1. The van der Waals surface area contributed by atoms with Gasteiger partial charge in [-0.2, -0.15) is 0 Å². The van der Waals surface area contributed by atoms with Crippen LogP contribution in [0.1, 0.15) is 48.9 Å². The fourth-order valence-electron chi connectivity index (χ4n) is 5.60. The summed E-state index contributed by atoms with van der Waals surface area (Å²) in [4.78, 5) is 0. The van der Waals surface area contributed by atoms with Crippen LogP contribution < -0.4 is 21.3 Å². The Kier molecular flexibility index (Phi) is 4.92. The van der Waals surface area contributed by atoms with Gasteiger partial charge in [-0.05, 0) is 48.4 Å². The predicted molar refractivity (Wildman–Crippen MR) is 124 cm³/mol. The second-order valence-corrected chi connectivity index (χ2v) is 9.16. The summed E-state index contributed by atoms with van der Waals surface area (Å²) >= 11 is 11.5. The molecule has 0 bridgehead atoms. The summed E-state index contributed by atoms with van der Waals surface area (Å²) in [5.41, 5.74) is 2.20. The summed E-state index contributed by atoms with van der Waals surface area (Å²) in [6.07, 6.45) is 4.66. The number of benzene rings is 2. The van der Waals surface area contributed by atoms with Gasteiger partial charge in [-0.3, -0.25) is 0 Å². The molecule has 3 aliphatic rings. The van der Waals surface area contributed by atoms with E-state index in [1.807, 2.05) is 0 Å². The minimum Gasteiger partial charge on any atom is -0.355 e. The van der Waals surface area contributed by atoms with E-state index >= 15 is 0 Å². The maximum atomic E-state index is 5.73. The number of nitrogens with one attached hydrogen (secondary N) is 4.